The van der Waals surface area contributed by atoms with E-state index in [9.17, 15) is 0 Å². The minimum Gasteiger partial charge on any atom is -0.497 e. The minimum absolute atomic E-state index is 0.204. The summed E-state index contributed by atoms with van der Waals surface area (Å²) >= 11 is 0. The number of nitriles is 1. The van der Waals surface area contributed by atoms with Gasteiger partial charge in [-0.2, -0.15) is 5.26 Å². The van der Waals surface area contributed by atoms with Gasteiger partial charge in [-0.3, -0.25) is 0 Å². The van der Waals surface area contributed by atoms with Gasteiger partial charge in [0.25, 0.3) is 0 Å². The lowest BCUT2D eigenvalue weighted by Gasteiger charge is -2.13. The molecule has 0 fully saturated rings. The standard InChI is InChI=1S/C18H18N2O2/c1-12-7-14-8-17(21-2)9-15(18(14)22-12)11-20-16-5-3-13(10-19)4-6-16/h3-6,8-9,12,20H,7,11H2,1-2H3/t12-/m1/s1. The first kappa shape index (κ1) is 14.3. The summed E-state index contributed by atoms with van der Waals surface area (Å²) < 4.78 is 11.3. The molecule has 1 N–H and O–H groups in total. The zero-order valence-electron chi connectivity index (χ0n) is 12.7. The summed E-state index contributed by atoms with van der Waals surface area (Å²) in [4.78, 5) is 0. The van der Waals surface area contributed by atoms with Crippen molar-refractivity contribution in [2.24, 2.45) is 0 Å². The highest BCUT2D eigenvalue weighted by atomic mass is 16.5. The highest BCUT2D eigenvalue weighted by Gasteiger charge is 2.23. The van der Waals surface area contributed by atoms with Crippen LogP contribution in [-0.4, -0.2) is 13.2 Å². The topological polar surface area (TPSA) is 54.3 Å². The lowest BCUT2D eigenvalue weighted by Crippen LogP contribution is -2.07. The highest BCUT2D eigenvalue weighted by molar-refractivity contribution is 5.53. The lowest BCUT2D eigenvalue weighted by molar-refractivity contribution is 0.252. The van der Waals surface area contributed by atoms with Gasteiger partial charge in [0.2, 0.25) is 0 Å². The van der Waals surface area contributed by atoms with E-state index in [1.807, 2.05) is 24.3 Å². The number of hydrogen-bond donors (Lipinski definition) is 1. The Bertz CT molecular complexity index is 717. The van der Waals surface area contributed by atoms with Gasteiger partial charge in [-0.15, -0.1) is 0 Å². The third kappa shape index (κ3) is 2.84. The number of methoxy groups -OCH3 is 1. The Balaban J connectivity index is 1.80. The fraction of sp³-hybridized carbons (Fsp3) is 0.278. The third-order valence-electron chi connectivity index (χ3n) is 3.78. The van der Waals surface area contributed by atoms with Gasteiger partial charge in [-0.1, -0.05) is 0 Å². The van der Waals surface area contributed by atoms with Crippen LogP contribution in [0, 0.1) is 11.3 Å². The van der Waals surface area contributed by atoms with E-state index in [1.54, 1.807) is 19.2 Å². The van der Waals surface area contributed by atoms with Crippen LogP contribution in [-0.2, 0) is 13.0 Å². The number of benzene rings is 2. The van der Waals surface area contributed by atoms with Crippen LogP contribution in [0.1, 0.15) is 23.6 Å². The van der Waals surface area contributed by atoms with E-state index in [1.165, 1.54) is 5.56 Å². The average Bonchev–Trinajstić information content (AvgIpc) is 2.93. The van der Waals surface area contributed by atoms with Crippen molar-refractivity contribution in [1.29, 1.82) is 5.26 Å². The predicted molar refractivity (Wildman–Crippen MR) is 85.3 cm³/mol. The molecule has 0 unspecified atom stereocenters. The smallest absolute Gasteiger partial charge is 0.128 e. The molecule has 0 spiro atoms. The molecule has 0 bridgehead atoms. The molecule has 2 aromatic rings. The largest absolute Gasteiger partial charge is 0.497 e. The van der Waals surface area contributed by atoms with Crippen molar-refractivity contribution in [3.05, 3.63) is 53.1 Å². The molecule has 2 aromatic carbocycles. The van der Waals surface area contributed by atoms with Crippen LogP contribution in [0.15, 0.2) is 36.4 Å². The predicted octanol–water partition coefficient (Wildman–Crippen LogP) is 3.50. The van der Waals surface area contributed by atoms with Crippen LogP contribution in [0.3, 0.4) is 0 Å². The number of fused-ring (bicyclic) bond motifs is 1. The quantitative estimate of drug-likeness (QED) is 0.937. The summed E-state index contributed by atoms with van der Waals surface area (Å²) in [6.07, 6.45) is 1.12. The van der Waals surface area contributed by atoms with Crippen LogP contribution < -0.4 is 14.8 Å². The van der Waals surface area contributed by atoms with Gasteiger partial charge in [-0.25, -0.2) is 0 Å². The fourth-order valence-electron chi connectivity index (χ4n) is 2.69. The van der Waals surface area contributed by atoms with Crippen LogP contribution in [0.5, 0.6) is 11.5 Å². The summed E-state index contributed by atoms with van der Waals surface area (Å²) in [5.74, 6) is 1.82. The Morgan fingerprint density at radius 3 is 2.77 bits per heavy atom. The van der Waals surface area contributed by atoms with Crippen molar-refractivity contribution < 1.29 is 9.47 Å². The normalized spacial score (nSPS) is 15.6. The van der Waals surface area contributed by atoms with Gasteiger partial charge in [-0.05, 0) is 43.3 Å². The van der Waals surface area contributed by atoms with E-state index in [0.29, 0.717) is 12.1 Å². The van der Waals surface area contributed by atoms with Gasteiger partial charge >= 0.3 is 0 Å². The van der Waals surface area contributed by atoms with Crippen LogP contribution in [0.4, 0.5) is 5.69 Å². The zero-order chi connectivity index (χ0) is 15.5. The van der Waals surface area contributed by atoms with E-state index >= 15 is 0 Å². The SMILES string of the molecule is COc1cc(CNc2ccc(C#N)cc2)c2c(c1)C[C@@H](C)O2. The summed E-state index contributed by atoms with van der Waals surface area (Å²) in [5.41, 5.74) is 3.91. The summed E-state index contributed by atoms with van der Waals surface area (Å²) in [6.45, 7) is 2.72. The van der Waals surface area contributed by atoms with Crippen molar-refractivity contribution in [2.45, 2.75) is 26.0 Å². The second-order valence-corrected chi connectivity index (χ2v) is 5.45. The molecule has 0 aliphatic carbocycles. The van der Waals surface area contributed by atoms with Gasteiger partial charge in [0.1, 0.15) is 17.6 Å². The number of hydrogen-bond acceptors (Lipinski definition) is 4. The van der Waals surface area contributed by atoms with Crippen molar-refractivity contribution in [1.82, 2.24) is 0 Å². The molecule has 0 radical (unpaired) electrons. The highest BCUT2D eigenvalue weighted by Crippen LogP contribution is 2.36. The van der Waals surface area contributed by atoms with E-state index in [4.69, 9.17) is 14.7 Å². The maximum absolute atomic E-state index is 8.82. The first-order valence-corrected chi connectivity index (χ1v) is 7.30. The van der Waals surface area contributed by atoms with Gasteiger partial charge in [0, 0.05) is 29.8 Å². The molecule has 1 atom stereocenters. The first-order chi connectivity index (χ1) is 10.7. The molecule has 0 saturated carbocycles. The lowest BCUT2D eigenvalue weighted by atomic mass is 10.1. The minimum atomic E-state index is 0.204. The molecule has 22 heavy (non-hydrogen) atoms. The molecule has 1 aliphatic rings. The van der Waals surface area contributed by atoms with Crippen molar-refractivity contribution in [3.63, 3.8) is 0 Å². The fourth-order valence-corrected chi connectivity index (χ4v) is 2.69. The molecule has 112 valence electrons. The Morgan fingerprint density at radius 2 is 2.09 bits per heavy atom. The molecule has 0 amide bonds. The summed E-state index contributed by atoms with van der Waals surface area (Å²) in [5, 5.41) is 12.2. The number of ether oxygens (including phenoxy) is 2. The Labute approximate surface area is 130 Å². The molecule has 1 heterocycles. The van der Waals surface area contributed by atoms with Crippen LogP contribution >= 0.6 is 0 Å². The van der Waals surface area contributed by atoms with Gasteiger partial charge < -0.3 is 14.8 Å². The third-order valence-corrected chi connectivity index (χ3v) is 3.78. The molecular weight excluding hydrogens is 276 g/mol. The van der Waals surface area contributed by atoms with Crippen LogP contribution in [0.25, 0.3) is 0 Å². The zero-order valence-corrected chi connectivity index (χ0v) is 12.7. The van der Waals surface area contributed by atoms with Crippen LogP contribution in [0.2, 0.25) is 0 Å². The first-order valence-electron chi connectivity index (χ1n) is 7.30. The molecular formula is C18H18N2O2. The van der Waals surface area contributed by atoms with E-state index in [0.717, 1.165) is 29.2 Å². The summed E-state index contributed by atoms with van der Waals surface area (Å²) in [7, 11) is 1.68. The Kier molecular flexibility index (Phi) is 3.88. The molecule has 1 aliphatic heterocycles. The Hall–Kier alpha value is -2.67. The van der Waals surface area contributed by atoms with Crippen molar-refractivity contribution in [2.75, 3.05) is 12.4 Å². The maximum Gasteiger partial charge on any atom is 0.128 e. The van der Waals surface area contributed by atoms with Crippen molar-refractivity contribution in [3.8, 4) is 17.6 Å². The number of nitrogens with zero attached hydrogens (tertiary/aromatic N) is 1. The molecule has 4 nitrogen and oxygen atoms in total. The van der Waals surface area contributed by atoms with Crippen molar-refractivity contribution >= 4 is 5.69 Å². The van der Waals surface area contributed by atoms with E-state index in [-0.39, 0.29) is 6.10 Å². The maximum atomic E-state index is 8.82. The van der Waals surface area contributed by atoms with E-state index < -0.39 is 0 Å². The second-order valence-electron chi connectivity index (χ2n) is 5.45. The van der Waals surface area contributed by atoms with E-state index in [2.05, 4.69) is 18.3 Å². The molecule has 0 saturated heterocycles. The number of rotatable bonds is 4. The monoisotopic (exact) mass is 294 g/mol. The van der Waals surface area contributed by atoms with Gasteiger partial charge in [0.05, 0.1) is 18.7 Å². The number of anilines is 1. The second kappa shape index (κ2) is 5.98. The Morgan fingerprint density at radius 1 is 1.32 bits per heavy atom. The molecule has 4 heteroatoms. The average molecular weight is 294 g/mol. The van der Waals surface area contributed by atoms with Gasteiger partial charge in [0.15, 0.2) is 0 Å². The number of nitrogens with one attached hydrogen (secondary N) is 1. The summed E-state index contributed by atoms with van der Waals surface area (Å²) in [6, 6.07) is 13.6. The molecule has 3 rings (SSSR count). The molecule has 0 aromatic heterocycles.